The van der Waals surface area contributed by atoms with Gasteiger partial charge in [0.15, 0.2) is 28.5 Å². The number of carbonyl (C=O) groups excluding carboxylic acids is 1. The van der Waals surface area contributed by atoms with Crippen LogP contribution in [0.15, 0.2) is 30.3 Å². The van der Waals surface area contributed by atoms with Crippen LogP contribution in [0.3, 0.4) is 0 Å². The SMILES string of the molecule is COc1ccc(-c2cc(C(F)(F)F)n3nc(C(=O)NCCC[NH+]4CCOCC4)cc3n2)cc1OC. The van der Waals surface area contributed by atoms with Crippen molar-refractivity contribution < 1.29 is 37.1 Å². The van der Waals surface area contributed by atoms with E-state index in [-0.39, 0.29) is 17.0 Å². The molecule has 0 unspecified atom stereocenters. The summed E-state index contributed by atoms with van der Waals surface area (Å²) >= 11 is 0. The van der Waals surface area contributed by atoms with Crippen LogP contribution in [-0.4, -0.2) is 74.1 Å². The smallest absolute Gasteiger partial charge is 0.433 e. The molecule has 1 saturated heterocycles. The van der Waals surface area contributed by atoms with E-state index in [1.165, 1.54) is 31.3 Å². The van der Waals surface area contributed by atoms with Gasteiger partial charge in [0.25, 0.3) is 5.91 Å². The maximum absolute atomic E-state index is 13.9. The van der Waals surface area contributed by atoms with Gasteiger partial charge in [0.05, 0.1) is 39.7 Å². The Balaban J connectivity index is 1.57. The summed E-state index contributed by atoms with van der Waals surface area (Å²) in [6.07, 6.45) is -3.98. The Bertz CT molecular complexity index is 1190. The van der Waals surface area contributed by atoms with Gasteiger partial charge >= 0.3 is 6.18 Å². The summed E-state index contributed by atoms with van der Waals surface area (Å²) in [5, 5.41) is 6.63. The van der Waals surface area contributed by atoms with E-state index in [0.29, 0.717) is 28.1 Å². The molecule has 1 aromatic carbocycles. The molecule has 0 aliphatic carbocycles. The fraction of sp³-hybridized carbons (Fsp3) is 0.435. The number of nitrogens with one attached hydrogen (secondary N) is 2. The normalized spacial score (nSPS) is 14.8. The third kappa shape index (κ3) is 5.65. The molecule has 0 atom stereocenters. The molecule has 1 aliphatic rings. The molecule has 9 nitrogen and oxygen atoms in total. The van der Waals surface area contributed by atoms with Crippen LogP contribution >= 0.6 is 0 Å². The number of aromatic nitrogens is 3. The lowest BCUT2D eigenvalue weighted by molar-refractivity contribution is -0.908. The number of alkyl halides is 3. The third-order valence-electron chi connectivity index (χ3n) is 5.82. The van der Waals surface area contributed by atoms with Crippen molar-refractivity contribution in [2.45, 2.75) is 12.6 Å². The Morgan fingerprint density at radius 3 is 2.57 bits per heavy atom. The number of benzene rings is 1. The first-order chi connectivity index (χ1) is 16.8. The first-order valence-corrected chi connectivity index (χ1v) is 11.2. The monoisotopic (exact) mass is 494 g/mol. The van der Waals surface area contributed by atoms with Crippen molar-refractivity contribution in [1.82, 2.24) is 19.9 Å². The molecular formula is C23H27F3N5O4+. The predicted molar refractivity (Wildman–Crippen MR) is 120 cm³/mol. The van der Waals surface area contributed by atoms with Crippen molar-refractivity contribution in [3.05, 3.63) is 41.7 Å². The molecule has 0 bridgehead atoms. The molecule has 35 heavy (non-hydrogen) atoms. The molecule has 1 fully saturated rings. The molecule has 0 saturated carbocycles. The predicted octanol–water partition coefficient (Wildman–Crippen LogP) is 1.47. The summed E-state index contributed by atoms with van der Waals surface area (Å²) in [5.41, 5.74) is -0.805. The fourth-order valence-electron chi connectivity index (χ4n) is 3.97. The summed E-state index contributed by atoms with van der Waals surface area (Å²) in [7, 11) is 2.90. The van der Waals surface area contributed by atoms with Crippen molar-refractivity contribution in [3.63, 3.8) is 0 Å². The minimum Gasteiger partial charge on any atom is -0.493 e. The Kier molecular flexibility index (Phi) is 7.41. The number of amides is 1. The summed E-state index contributed by atoms with van der Waals surface area (Å²) in [4.78, 5) is 18.3. The van der Waals surface area contributed by atoms with Crippen LogP contribution < -0.4 is 19.7 Å². The summed E-state index contributed by atoms with van der Waals surface area (Å²) in [6.45, 7) is 4.58. The van der Waals surface area contributed by atoms with E-state index in [9.17, 15) is 18.0 Å². The number of methoxy groups -OCH3 is 2. The molecule has 2 N–H and O–H groups in total. The van der Waals surface area contributed by atoms with Crippen molar-refractivity contribution in [1.29, 1.82) is 0 Å². The number of carbonyl (C=O) groups is 1. The minimum absolute atomic E-state index is 0.0612. The molecule has 3 heterocycles. The summed E-state index contributed by atoms with van der Waals surface area (Å²) < 4.78 is 58.0. The van der Waals surface area contributed by atoms with Gasteiger partial charge in [0, 0.05) is 24.6 Å². The average Bonchev–Trinajstić information content (AvgIpc) is 3.29. The van der Waals surface area contributed by atoms with E-state index in [0.717, 1.165) is 45.3 Å². The average molecular weight is 494 g/mol. The number of nitrogens with zero attached hydrogens (tertiary/aromatic N) is 3. The Labute approximate surface area is 199 Å². The second kappa shape index (κ2) is 10.5. The number of ether oxygens (including phenoxy) is 3. The highest BCUT2D eigenvalue weighted by atomic mass is 19.4. The largest absolute Gasteiger partial charge is 0.493 e. The van der Waals surface area contributed by atoms with Gasteiger partial charge in [0.1, 0.15) is 13.1 Å². The zero-order valence-corrected chi connectivity index (χ0v) is 19.4. The van der Waals surface area contributed by atoms with Crippen LogP contribution in [0.2, 0.25) is 0 Å². The van der Waals surface area contributed by atoms with E-state index < -0.39 is 17.8 Å². The topological polar surface area (TPSA) is 91.4 Å². The highest BCUT2D eigenvalue weighted by Crippen LogP contribution is 2.35. The van der Waals surface area contributed by atoms with Crippen molar-refractivity contribution in [2.75, 3.05) is 53.6 Å². The first kappa shape index (κ1) is 24.7. The van der Waals surface area contributed by atoms with Crippen LogP contribution in [0.4, 0.5) is 13.2 Å². The molecular weight excluding hydrogens is 467 g/mol. The van der Waals surface area contributed by atoms with Gasteiger partial charge in [0.2, 0.25) is 0 Å². The molecule has 1 amide bonds. The van der Waals surface area contributed by atoms with Gasteiger partial charge in [-0.1, -0.05) is 0 Å². The van der Waals surface area contributed by atoms with Gasteiger partial charge in [-0.25, -0.2) is 9.50 Å². The summed E-state index contributed by atoms with van der Waals surface area (Å²) in [5.74, 6) is 0.243. The van der Waals surface area contributed by atoms with Crippen LogP contribution in [0.5, 0.6) is 11.5 Å². The lowest BCUT2D eigenvalue weighted by Gasteiger charge is -2.23. The minimum atomic E-state index is -4.72. The summed E-state index contributed by atoms with van der Waals surface area (Å²) in [6, 6.07) is 6.86. The number of fused-ring (bicyclic) bond motifs is 1. The zero-order valence-electron chi connectivity index (χ0n) is 19.4. The standard InChI is InChI=1S/C23H26F3N5O4/c1-33-18-5-4-15(12-19(18)34-2)16-13-20(23(24,25)26)31-21(28-16)14-17(29-31)22(32)27-6-3-7-30-8-10-35-11-9-30/h4-5,12-14H,3,6-11H2,1-2H3,(H,27,32)/p+1. The zero-order chi connectivity index (χ0) is 25.0. The number of hydrogen-bond donors (Lipinski definition) is 2. The van der Waals surface area contributed by atoms with Gasteiger partial charge in [-0.2, -0.15) is 18.3 Å². The highest BCUT2D eigenvalue weighted by Gasteiger charge is 2.35. The van der Waals surface area contributed by atoms with E-state index in [1.54, 1.807) is 12.1 Å². The van der Waals surface area contributed by atoms with Crippen LogP contribution in [0.1, 0.15) is 22.6 Å². The molecule has 4 rings (SSSR count). The Morgan fingerprint density at radius 1 is 1.14 bits per heavy atom. The molecule has 1 aliphatic heterocycles. The van der Waals surface area contributed by atoms with Crippen molar-refractivity contribution in [3.8, 4) is 22.8 Å². The molecule has 12 heteroatoms. The number of hydrogen-bond acceptors (Lipinski definition) is 6. The van der Waals surface area contributed by atoms with Crippen molar-refractivity contribution >= 4 is 11.6 Å². The third-order valence-corrected chi connectivity index (χ3v) is 5.82. The lowest BCUT2D eigenvalue weighted by atomic mass is 10.1. The fourth-order valence-corrected chi connectivity index (χ4v) is 3.97. The van der Waals surface area contributed by atoms with Gasteiger partial charge in [-0.05, 0) is 24.3 Å². The van der Waals surface area contributed by atoms with E-state index >= 15 is 0 Å². The van der Waals surface area contributed by atoms with Crippen LogP contribution in [-0.2, 0) is 10.9 Å². The number of quaternary nitrogens is 1. The Morgan fingerprint density at radius 2 is 1.89 bits per heavy atom. The van der Waals surface area contributed by atoms with Gasteiger partial charge < -0.3 is 24.4 Å². The molecule has 2 aromatic heterocycles. The van der Waals surface area contributed by atoms with Crippen LogP contribution in [0.25, 0.3) is 16.9 Å². The second-order valence-corrected chi connectivity index (χ2v) is 8.12. The number of rotatable bonds is 8. The maximum atomic E-state index is 13.9. The van der Waals surface area contributed by atoms with E-state index in [2.05, 4.69) is 15.4 Å². The molecule has 3 aromatic rings. The highest BCUT2D eigenvalue weighted by molar-refractivity contribution is 5.93. The quantitative estimate of drug-likeness (QED) is 0.461. The molecule has 188 valence electrons. The Hall–Kier alpha value is -3.38. The molecule has 0 radical (unpaired) electrons. The number of halogens is 3. The second-order valence-electron chi connectivity index (χ2n) is 8.12. The van der Waals surface area contributed by atoms with Gasteiger partial charge in [-0.3, -0.25) is 4.79 Å². The first-order valence-electron chi connectivity index (χ1n) is 11.2. The van der Waals surface area contributed by atoms with Crippen LogP contribution in [0, 0.1) is 0 Å². The lowest BCUT2D eigenvalue weighted by Crippen LogP contribution is -3.14. The van der Waals surface area contributed by atoms with Gasteiger partial charge in [-0.15, -0.1) is 0 Å². The van der Waals surface area contributed by atoms with E-state index in [1.807, 2.05) is 0 Å². The van der Waals surface area contributed by atoms with Crippen molar-refractivity contribution in [2.24, 2.45) is 0 Å². The van der Waals surface area contributed by atoms with E-state index in [4.69, 9.17) is 14.2 Å². The number of morpholine rings is 1. The maximum Gasteiger partial charge on any atom is 0.433 e. The molecule has 0 spiro atoms.